The number of carbonyl (C=O) groups is 2. The van der Waals surface area contributed by atoms with Crippen LogP contribution in [0.15, 0.2) is 83.8 Å². The molecule has 0 unspecified atom stereocenters. The summed E-state index contributed by atoms with van der Waals surface area (Å²) in [5.41, 5.74) is 1.55. The van der Waals surface area contributed by atoms with E-state index in [4.69, 9.17) is 12.2 Å². The first kappa shape index (κ1) is 19.5. The van der Waals surface area contributed by atoms with E-state index in [0.29, 0.717) is 14.9 Å². The monoisotopic (exact) mass is 440 g/mol. The average molecular weight is 441 g/mol. The zero-order chi connectivity index (χ0) is 21.5. The first-order chi connectivity index (χ1) is 15.0. The molecule has 0 bridgehead atoms. The molecular formula is C25H14NO3S2-. The summed E-state index contributed by atoms with van der Waals surface area (Å²) < 4.78 is 0.405. The largest absolute Gasteiger partial charge is 0.545 e. The molecule has 0 atom stereocenters. The first-order valence-corrected chi connectivity index (χ1v) is 10.8. The number of hydrogen-bond donors (Lipinski definition) is 0. The predicted molar refractivity (Wildman–Crippen MR) is 128 cm³/mol. The van der Waals surface area contributed by atoms with Crippen molar-refractivity contribution < 1.29 is 14.7 Å². The summed E-state index contributed by atoms with van der Waals surface area (Å²) >= 11 is 6.71. The van der Waals surface area contributed by atoms with Gasteiger partial charge in [0.2, 0.25) is 0 Å². The lowest BCUT2D eigenvalue weighted by molar-refractivity contribution is -0.255. The fraction of sp³-hybridized carbons (Fsp3) is 0. The van der Waals surface area contributed by atoms with E-state index < -0.39 is 5.97 Å². The molecular weight excluding hydrogens is 426 g/mol. The number of carboxylic acid groups (broad SMARTS) is 1. The third-order valence-corrected chi connectivity index (χ3v) is 6.55. The quantitative estimate of drug-likeness (QED) is 0.261. The number of benzene rings is 4. The van der Waals surface area contributed by atoms with E-state index in [1.54, 1.807) is 12.1 Å². The van der Waals surface area contributed by atoms with Gasteiger partial charge in [0, 0.05) is 0 Å². The number of aromatic carboxylic acids is 1. The number of nitrogens with zero attached hydrogens (tertiary/aromatic N) is 1. The zero-order valence-electron chi connectivity index (χ0n) is 16.1. The standard InChI is InChI=1S/C25H15NO3S2/c27-23-22(31-25(30)26(23)18-11-9-15(10-12-18)24(28)29)14-21-19-7-3-1-5-16(19)13-17-6-2-4-8-20(17)21/h1-14H,(H,28,29)/p-1. The van der Waals surface area contributed by atoms with Crippen molar-refractivity contribution in [2.75, 3.05) is 4.90 Å². The molecule has 150 valence electrons. The van der Waals surface area contributed by atoms with Gasteiger partial charge in [-0.2, -0.15) is 0 Å². The van der Waals surface area contributed by atoms with Gasteiger partial charge in [-0.25, -0.2) is 0 Å². The van der Waals surface area contributed by atoms with E-state index in [-0.39, 0.29) is 11.5 Å². The SMILES string of the molecule is O=C([O-])c1ccc(N2C(=O)C(=Cc3c4ccccc4cc4ccccc34)SC2=S)cc1. The van der Waals surface area contributed by atoms with Crippen LogP contribution in [0.2, 0.25) is 0 Å². The highest BCUT2D eigenvalue weighted by atomic mass is 32.2. The molecule has 0 N–H and O–H groups in total. The van der Waals surface area contributed by atoms with Crippen molar-refractivity contribution in [2.24, 2.45) is 0 Å². The average Bonchev–Trinajstić information content (AvgIpc) is 3.06. The van der Waals surface area contributed by atoms with Crippen LogP contribution in [0.4, 0.5) is 5.69 Å². The van der Waals surface area contributed by atoms with Gasteiger partial charge in [0.15, 0.2) is 4.32 Å². The van der Waals surface area contributed by atoms with Crippen LogP contribution in [0, 0.1) is 0 Å². The molecule has 1 fully saturated rings. The fourth-order valence-corrected chi connectivity index (χ4v) is 5.05. The lowest BCUT2D eigenvalue weighted by Gasteiger charge is -2.15. The number of amides is 1. The van der Waals surface area contributed by atoms with Gasteiger partial charge in [0.25, 0.3) is 5.91 Å². The smallest absolute Gasteiger partial charge is 0.270 e. The highest BCUT2D eigenvalue weighted by Gasteiger charge is 2.33. The number of anilines is 1. The number of rotatable bonds is 3. The summed E-state index contributed by atoms with van der Waals surface area (Å²) in [6.45, 7) is 0. The van der Waals surface area contributed by atoms with Gasteiger partial charge in [0.05, 0.1) is 16.6 Å². The molecule has 1 amide bonds. The van der Waals surface area contributed by atoms with Crippen molar-refractivity contribution in [3.8, 4) is 0 Å². The van der Waals surface area contributed by atoms with E-state index in [1.165, 1.54) is 28.8 Å². The van der Waals surface area contributed by atoms with Crippen molar-refractivity contribution in [3.05, 3.63) is 94.9 Å². The summed E-state index contributed by atoms with van der Waals surface area (Å²) in [4.78, 5) is 26.2. The number of fused-ring (bicyclic) bond motifs is 2. The normalized spacial score (nSPS) is 15.4. The lowest BCUT2D eigenvalue weighted by Crippen LogP contribution is -2.28. The van der Waals surface area contributed by atoms with Crippen LogP contribution >= 0.6 is 24.0 Å². The highest BCUT2D eigenvalue weighted by Crippen LogP contribution is 2.38. The first-order valence-electron chi connectivity index (χ1n) is 9.53. The topological polar surface area (TPSA) is 60.4 Å². The molecule has 0 aromatic heterocycles. The Morgan fingerprint density at radius 1 is 0.903 bits per heavy atom. The lowest BCUT2D eigenvalue weighted by atomic mass is 9.96. The number of hydrogen-bond acceptors (Lipinski definition) is 5. The van der Waals surface area contributed by atoms with Crippen LogP contribution < -0.4 is 10.0 Å². The molecule has 31 heavy (non-hydrogen) atoms. The molecule has 0 spiro atoms. The summed E-state index contributed by atoms with van der Waals surface area (Å²) in [6, 6.07) is 24.3. The highest BCUT2D eigenvalue weighted by molar-refractivity contribution is 8.27. The van der Waals surface area contributed by atoms with Gasteiger partial charge in [-0.3, -0.25) is 9.69 Å². The molecule has 5 rings (SSSR count). The molecule has 1 saturated heterocycles. The number of thioether (sulfide) groups is 1. The van der Waals surface area contributed by atoms with Crippen LogP contribution in [0.25, 0.3) is 27.6 Å². The number of carbonyl (C=O) groups excluding carboxylic acids is 2. The molecule has 1 aliphatic rings. The Morgan fingerprint density at radius 3 is 2.06 bits per heavy atom. The Kier molecular flexibility index (Phi) is 4.81. The van der Waals surface area contributed by atoms with Crippen LogP contribution in [0.5, 0.6) is 0 Å². The minimum absolute atomic E-state index is 0.0481. The molecule has 1 heterocycles. The molecule has 0 aliphatic carbocycles. The van der Waals surface area contributed by atoms with E-state index in [0.717, 1.165) is 27.1 Å². The summed E-state index contributed by atoms with van der Waals surface area (Å²) in [5, 5.41) is 15.3. The minimum atomic E-state index is -1.26. The van der Waals surface area contributed by atoms with Crippen molar-refractivity contribution in [1.29, 1.82) is 0 Å². The Bertz CT molecular complexity index is 1370. The Labute approximate surface area is 187 Å². The summed E-state index contributed by atoms with van der Waals surface area (Å²) in [7, 11) is 0. The Hall–Kier alpha value is -3.48. The van der Waals surface area contributed by atoms with Gasteiger partial charge in [-0.05, 0) is 56.9 Å². The molecule has 0 radical (unpaired) electrons. The van der Waals surface area contributed by atoms with E-state index in [1.807, 2.05) is 42.5 Å². The van der Waals surface area contributed by atoms with Crippen molar-refractivity contribution >= 4 is 73.5 Å². The summed E-state index contributed by atoms with van der Waals surface area (Å²) in [6.07, 6.45) is 1.90. The summed E-state index contributed by atoms with van der Waals surface area (Å²) in [5.74, 6) is -1.49. The van der Waals surface area contributed by atoms with Gasteiger partial charge in [0.1, 0.15) is 0 Å². The third kappa shape index (κ3) is 3.40. The van der Waals surface area contributed by atoms with E-state index in [2.05, 4.69) is 18.2 Å². The Morgan fingerprint density at radius 2 is 1.48 bits per heavy atom. The predicted octanol–water partition coefficient (Wildman–Crippen LogP) is 4.76. The maximum atomic E-state index is 13.2. The number of thiocarbonyl (C=S) groups is 1. The van der Waals surface area contributed by atoms with Crippen LogP contribution in [0.1, 0.15) is 15.9 Å². The molecule has 4 nitrogen and oxygen atoms in total. The van der Waals surface area contributed by atoms with Gasteiger partial charge < -0.3 is 9.90 Å². The van der Waals surface area contributed by atoms with E-state index >= 15 is 0 Å². The second-order valence-corrected chi connectivity index (χ2v) is 8.76. The van der Waals surface area contributed by atoms with Crippen molar-refractivity contribution in [3.63, 3.8) is 0 Å². The third-order valence-electron chi connectivity index (χ3n) is 5.24. The fourth-order valence-electron chi connectivity index (χ4n) is 3.77. The van der Waals surface area contributed by atoms with Crippen LogP contribution in [-0.2, 0) is 4.79 Å². The minimum Gasteiger partial charge on any atom is -0.545 e. The van der Waals surface area contributed by atoms with Crippen molar-refractivity contribution in [2.45, 2.75) is 0 Å². The maximum Gasteiger partial charge on any atom is 0.270 e. The second kappa shape index (κ2) is 7.65. The van der Waals surface area contributed by atoms with Crippen LogP contribution in [-0.4, -0.2) is 16.2 Å². The van der Waals surface area contributed by atoms with Crippen molar-refractivity contribution in [1.82, 2.24) is 0 Å². The molecule has 4 aromatic carbocycles. The van der Waals surface area contributed by atoms with Gasteiger partial charge in [-0.1, -0.05) is 84.6 Å². The Balaban J connectivity index is 1.62. The van der Waals surface area contributed by atoms with E-state index in [9.17, 15) is 14.7 Å². The molecule has 1 aliphatic heterocycles. The maximum absolute atomic E-state index is 13.2. The molecule has 0 saturated carbocycles. The number of carboxylic acids is 1. The molecule has 4 aromatic rings. The second-order valence-electron chi connectivity index (χ2n) is 7.08. The van der Waals surface area contributed by atoms with Gasteiger partial charge >= 0.3 is 0 Å². The molecule has 6 heteroatoms. The van der Waals surface area contributed by atoms with Crippen LogP contribution in [0.3, 0.4) is 0 Å². The van der Waals surface area contributed by atoms with Gasteiger partial charge in [-0.15, -0.1) is 0 Å². The zero-order valence-corrected chi connectivity index (χ0v) is 17.7.